The van der Waals surface area contributed by atoms with Crippen molar-refractivity contribution in [2.75, 3.05) is 0 Å². The van der Waals surface area contributed by atoms with Crippen molar-refractivity contribution in [3.63, 3.8) is 0 Å². The fraction of sp³-hybridized carbons (Fsp3) is 0.769. The maximum Gasteiger partial charge on any atom is 0.130 e. The molecular formula is C13H20O2. The van der Waals surface area contributed by atoms with E-state index in [4.69, 9.17) is 4.74 Å². The number of fused-ring (bicyclic) bond motifs is 1. The number of ether oxygens (including phenoxy) is 1. The average molecular weight is 208 g/mol. The monoisotopic (exact) mass is 208 g/mol. The third-order valence-corrected chi connectivity index (χ3v) is 3.74. The lowest BCUT2D eigenvalue weighted by Gasteiger charge is -2.32. The quantitative estimate of drug-likeness (QED) is 0.527. The zero-order chi connectivity index (χ0) is 11.2. The number of hydrogen-bond donors (Lipinski definition) is 0. The lowest BCUT2D eigenvalue weighted by Crippen LogP contribution is -2.25. The summed E-state index contributed by atoms with van der Waals surface area (Å²) >= 11 is 0. The zero-order valence-electron chi connectivity index (χ0n) is 10.1. The van der Waals surface area contributed by atoms with Crippen molar-refractivity contribution in [3.8, 4) is 0 Å². The van der Waals surface area contributed by atoms with Crippen LogP contribution in [0.15, 0.2) is 11.1 Å². The lowest BCUT2D eigenvalue weighted by atomic mass is 9.71. The summed E-state index contributed by atoms with van der Waals surface area (Å²) in [6.07, 6.45) is 3.54. The second-order valence-corrected chi connectivity index (χ2v) is 5.55. The molecule has 0 aromatic carbocycles. The highest BCUT2D eigenvalue weighted by Crippen LogP contribution is 2.50. The number of rotatable bonds is 3. The van der Waals surface area contributed by atoms with Crippen molar-refractivity contribution < 1.29 is 9.53 Å². The first-order chi connectivity index (χ1) is 6.92. The molecule has 1 fully saturated rings. The molecule has 0 radical (unpaired) electrons. The van der Waals surface area contributed by atoms with Gasteiger partial charge in [0.05, 0.1) is 6.10 Å². The normalized spacial score (nSPS) is 32.5. The molecule has 0 amide bonds. The highest BCUT2D eigenvalue weighted by molar-refractivity contribution is 5.75. The summed E-state index contributed by atoms with van der Waals surface area (Å²) in [5.41, 5.74) is 3.06. The molecule has 2 unspecified atom stereocenters. The van der Waals surface area contributed by atoms with Crippen molar-refractivity contribution >= 4 is 5.78 Å². The summed E-state index contributed by atoms with van der Waals surface area (Å²) in [7, 11) is 0. The summed E-state index contributed by atoms with van der Waals surface area (Å²) in [4.78, 5) is 11.0. The van der Waals surface area contributed by atoms with Crippen LogP contribution in [-0.4, -0.2) is 18.0 Å². The van der Waals surface area contributed by atoms with Crippen LogP contribution in [0.4, 0.5) is 0 Å². The molecule has 0 bridgehead atoms. The van der Waals surface area contributed by atoms with Crippen molar-refractivity contribution in [1.29, 1.82) is 0 Å². The number of carbonyl (C=O) groups is 1. The molecule has 2 heteroatoms. The third-order valence-electron chi connectivity index (χ3n) is 3.74. The van der Waals surface area contributed by atoms with Gasteiger partial charge in [0.25, 0.3) is 0 Å². The third kappa shape index (κ3) is 2.00. The first-order valence-electron chi connectivity index (χ1n) is 5.77. The molecule has 15 heavy (non-hydrogen) atoms. The van der Waals surface area contributed by atoms with E-state index >= 15 is 0 Å². The molecule has 1 aliphatic heterocycles. The fourth-order valence-electron chi connectivity index (χ4n) is 2.85. The number of ketones is 1. The second-order valence-electron chi connectivity index (χ2n) is 5.55. The molecule has 1 heterocycles. The predicted octanol–water partition coefficient (Wildman–Crippen LogP) is 2.87. The van der Waals surface area contributed by atoms with Gasteiger partial charge in [0.15, 0.2) is 0 Å². The Morgan fingerprint density at radius 2 is 2.20 bits per heavy atom. The maximum atomic E-state index is 11.0. The molecule has 2 atom stereocenters. The summed E-state index contributed by atoms with van der Waals surface area (Å²) in [5, 5.41) is 0. The highest BCUT2D eigenvalue weighted by Gasteiger charge is 2.49. The summed E-state index contributed by atoms with van der Waals surface area (Å²) in [6.45, 7) is 8.37. The van der Waals surface area contributed by atoms with E-state index in [0.717, 1.165) is 12.8 Å². The SMILES string of the molecule is CC(=O)CCC1=C(C)C2OC2CC1(C)C. The maximum absolute atomic E-state index is 11.0. The van der Waals surface area contributed by atoms with Crippen molar-refractivity contribution in [2.24, 2.45) is 5.41 Å². The van der Waals surface area contributed by atoms with Crippen LogP contribution < -0.4 is 0 Å². The number of carbonyl (C=O) groups excluding carboxylic acids is 1. The van der Waals surface area contributed by atoms with Gasteiger partial charge in [-0.2, -0.15) is 0 Å². The first kappa shape index (κ1) is 10.9. The van der Waals surface area contributed by atoms with E-state index in [0.29, 0.717) is 18.6 Å². The molecule has 1 aliphatic carbocycles. The van der Waals surface area contributed by atoms with Crippen LogP contribution in [0.1, 0.15) is 47.0 Å². The van der Waals surface area contributed by atoms with E-state index in [2.05, 4.69) is 20.8 Å². The average Bonchev–Trinajstić information content (AvgIpc) is 2.80. The molecule has 2 nitrogen and oxygen atoms in total. The molecule has 0 aromatic heterocycles. The largest absolute Gasteiger partial charge is 0.365 e. The van der Waals surface area contributed by atoms with Crippen LogP contribution in [0.5, 0.6) is 0 Å². The fourth-order valence-corrected chi connectivity index (χ4v) is 2.85. The van der Waals surface area contributed by atoms with Gasteiger partial charge >= 0.3 is 0 Å². The molecule has 0 spiro atoms. The van der Waals surface area contributed by atoms with Gasteiger partial charge in [0, 0.05) is 6.42 Å². The van der Waals surface area contributed by atoms with E-state index in [-0.39, 0.29) is 11.2 Å². The Labute approximate surface area is 91.7 Å². The molecule has 1 saturated heterocycles. The molecule has 2 aliphatic rings. The molecule has 84 valence electrons. The molecule has 2 rings (SSSR count). The zero-order valence-corrected chi connectivity index (χ0v) is 10.1. The first-order valence-corrected chi connectivity index (χ1v) is 5.77. The predicted molar refractivity (Wildman–Crippen MR) is 59.7 cm³/mol. The van der Waals surface area contributed by atoms with Crippen molar-refractivity contribution in [3.05, 3.63) is 11.1 Å². The van der Waals surface area contributed by atoms with Crippen LogP contribution in [0.3, 0.4) is 0 Å². The van der Waals surface area contributed by atoms with Crippen LogP contribution in [0, 0.1) is 5.41 Å². The Hall–Kier alpha value is -0.630. The van der Waals surface area contributed by atoms with Gasteiger partial charge in [-0.1, -0.05) is 19.4 Å². The molecule has 0 N–H and O–H groups in total. The lowest BCUT2D eigenvalue weighted by molar-refractivity contribution is -0.117. The van der Waals surface area contributed by atoms with Gasteiger partial charge in [-0.05, 0) is 37.7 Å². The minimum Gasteiger partial charge on any atom is -0.365 e. The van der Waals surface area contributed by atoms with Crippen LogP contribution in [0.25, 0.3) is 0 Å². The summed E-state index contributed by atoms with van der Waals surface area (Å²) < 4.78 is 5.62. The van der Waals surface area contributed by atoms with Crippen molar-refractivity contribution in [2.45, 2.75) is 59.2 Å². The number of hydrogen-bond acceptors (Lipinski definition) is 2. The Balaban J connectivity index is 2.17. The number of allylic oxidation sites excluding steroid dienone is 1. The van der Waals surface area contributed by atoms with Crippen LogP contribution in [0.2, 0.25) is 0 Å². The van der Waals surface area contributed by atoms with Gasteiger partial charge in [-0.15, -0.1) is 0 Å². The van der Waals surface area contributed by atoms with E-state index in [9.17, 15) is 4.79 Å². The second kappa shape index (κ2) is 3.44. The highest BCUT2D eigenvalue weighted by atomic mass is 16.6. The van der Waals surface area contributed by atoms with Gasteiger partial charge in [-0.25, -0.2) is 0 Å². The Morgan fingerprint density at radius 1 is 1.53 bits per heavy atom. The number of Topliss-reactive ketones (excluding diaryl/α,β-unsaturated/α-hetero) is 1. The Morgan fingerprint density at radius 3 is 2.80 bits per heavy atom. The van der Waals surface area contributed by atoms with Crippen LogP contribution >= 0.6 is 0 Å². The van der Waals surface area contributed by atoms with E-state index in [1.54, 1.807) is 6.92 Å². The van der Waals surface area contributed by atoms with E-state index < -0.39 is 0 Å². The molecular weight excluding hydrogens is 188 g/mol. The topological polar surface area (TPSA) is 29.6 Å². The smallest absolute Gasteiger partial charge is 0.130 e. The van der Waals surface area contributed by atoms with Gasteiger partial charge < -0.3 is 9.53 Å². The van der Waals surface area contributed by atoms with Gasteiger partial charge in [0.2, 0.25) is 0 Å². The standard InChI is InChI=1S/C13H20O2/c1-8(14)5-6-10-9(2)12-11(15-12)7-13(10,3)4/h11-12H,5-7H2,1-4H3. The molecule has 0 aromatic rings. The van der Waals surface area contributed by atoms with Gasteiger partial charge in [0.1, 0.15) is 11.9 Å². The summed E-state index contributed by atoms with van der Waals surface area (Å²) in [5.74, 6) is 0.282. The summed E-state index contributed by atoms with van der Waals surface area (Å²) in [6, 6.07) is 0. The van der Waals surface area contributed by atoms with E-state index in [1.807, 2.05) is 0 Å². The molecule has 0 saturated carbocycles. The Bertz CT molecular complexity index is 325. The van der Waals surface area contributed by atoms with Crippen molar-refractivity contribution in [1.82, 2.24) is 0 Å². The van der Waals surface area contributed by atoms with Crippen LogP contribution in [-0.2, 0) is 9.53 Å². The number of epoxide rings is 1. The minimum atomic E-state index is 0.219. The Kier molecular flexibility index (Phi) is 2.50. The van der Waals surface area contributed by atoms with Gasteiger partial charge in [-0.3, -0.25) is 0 Å². The minimum absolute atomic E-state index is 0.219. The van der Waals surface area contributed by atoms with E-state index in [1.165, 1.54) is 11.1 Å².